The van der Waals surface area contributed by atoms with Crippen LogP contribution in [0.15, 0.2) is 49.2 Å². The number of para-hydroxylation sites is 1. The van der Waals surface area contributed by atoms with Crippen molar-refractivity contribution in [1.82, 2.24) is 4.90 Å². The summed E-state index contributed by atoms with van der Waals surface area (Å²) in [6, 6.07) is 9.55. The second kappa shape index (κ2) is 8.20. The zero-order valence-electron chi connectivity index (χ0n) is 15.1. The molecule has 1 amide bonds. The van der Waals surface area contributed by atoms with E-state index in [2.05, 4.69) is 31.9 Å². The molecule has 1 aliphatic rings. The number of aryl methyl sites for hydroxylation is 2. The van der Waals surface area contributed by atoms with Gasteiger partial charge >= 0.3 is 0 Å². The number of hydrogen-bond donors (Lipinski definition) is 1. The molecule has 2 aromatic rings. The maximum Gasteiger partial charge on any atom is 0.266 e. The Morgan fingerprint density at radius 1 is 1.22 bits per heavy atom. The van der Waals surface area contributed by atoms with Gasteiger partial charge in [0.25, 0.3) is 5.91 Å². The number of halogens is 2. The molecule has 0 saturated carbocycles. The minimum absolute atomic E-state index is 0.0993. The van der Waals surface area contributed by atoms with Crippen LogP contribution in [0.25, 0.3) is 6.08 Å². The molecule has 0 aromatic heterocycles. The van der Waals surface area contributed by atoms with E-state index < -0.39 is 0 Å². The number of phenolic OH excluding ortho intramolecular Hbond substituents is 1. The van der Waals surface area contributed by atoms with Gasteiger partial charge in [0, 0.05) is 16.6 Å². The number of carbonyl (C=O) groups excluding carboxylic acids is 1. The topological polar surface area (TPSA) is 52.9 Å². The van der Waals surface area contributed by atoms with Crippen LogP contribution >= 0.6 is 43.6 Å². The van der Waals surface area contributed by atoms with Crippen molar-refractivity contribution in [1.29, 1.82) is 0 Å². The molecule has 1 saturated heterocycles. The van der Waals surface area contributed by atoms with E-state index in [-0.39, 0.29) is 11.7 Å². The van der Waals surface area contributed by atoms with Crippen molar-refractivity contribution in [3.8, 4) is 5.75 Å². The number of rotatable bonds is 3. The van der Waals surface area contributed by atoms with Crippen LogP contribution in [-0.2, 0) is 4.79 Å². The molecule has 0 aliphatic carbocycles. The van der Waals surface area contributed by atoms with Gasteiger partial charge in [-0.15, -0.1) is 0 Å². The second-order valence-electron chi connectivity index (χ2n) is 6.12. The molecule has 3 rings (SSSR count). The number of nitrogens with zero attached hydrogens (tertiary/aromatic N) is 2. The van der Waals surface area contributed by atoms with Crippen molar-refractivity contribution in [3.05, 3.63) is 60.9 Å². The smallest absolute Gasteiger partial charge is 0.266 e. The van der Waals surface area contributed by atoms with Gasteiger partial charge < -0.3 is 5.11 Å². The zero-order valence-corrected chi connectivity index (χ0v) is 19.1. The van der Waals surface area contributed by atoms with Crippen molar-refractivity contribution in [2.75, 3.05) is 6.54 Å². The Morgan fingerprint density at radius 3 is 2.52 bits per heavy atom. The molecule has 0 bridgehead atoms. The molecule has 140 valence electrons. The summed E-state index contributed by atoms with van der Waals surface area (Å²) < 4.78 is 1.38. The number of aliphatic imine (C=N–C) groups is 1. The molecule has 1 N–H and O–H groups in total. The lowest BCUT2D eigenvalue weighted by atomic mass is 10.1. The third-order valence-corrected chi connectivity index (χ3v) is 6.26. The van der Waals surface area contributed by atoms with Crippen LogP contribution in [-0.4, -0.2) is 27.6 Å². The number of hydrogen-bond acceptors (Lipinski definition) is 4. The summed E-state index contributed by atoms with van der Waals surface area (Å²) in [6.45, 7) is 6.48. The van der Waals surface area contributed by atoms with Crippen molar-refractivity contribution >= 4 is 66.5 Å². The van der Waals surface area contributed by atoms with Crippen LogP contribution < -0.4 is 0 Å². The first-order valence-electron chi connectivity index (χ1n) is 8.36. The van der Waals surface area contributed by atoms with Crippen molar-refractivity contribution in [2.45, 2.75) is 20.8 Å². The number of amidine groups is 1. The van der Waals surface area contributed by atoms with Crippen LogP contribution in [0, 0.1) is 13.8 Å². The fraction of sp³-hybridized carbons (Fsp3) is 0.200. The highest BCUT2D eigenvalue weighted by atomic mass is 79.9. The highest BCUT2D eigenvalue weighted by Gasteiger charge is 2.32. The van der Waals surface area contributed by atoms with Gasteiger partial charge in [-0.3, -0.25) is 9.69 Å². The SMILES string of the molecule is CCN1C(=O)/C(=C\c2cc(Br)cc(Br)c2O)SC1=Nc1c(C)cccc1C. The minimum Gasteiger partial charge on any atom is -0.506 e. The number of phenols is 1. The lowest BCUT2D eigenvalue weighted by molar-refractivity contribution is -0.122. The maximum absolute atomic E-state index is 12.8. The van der Waals surface area contributed by atoms with E-state index in [1.807, 2.05) is 39.0 Å². The molecular formula is C20H18Br2N2O2S. The summed E-state index contributed by atoms with van der Waals surface area (Å²) in [7, 11) is 0. The minimum atomic E-state index is -0.108. The molecule has 2 aromatic carbocycles. The lowest BCUT2D eigenvalue weighted by Gasteiger charge is -2.13. The number of likely N-dealkylation sites (N-methyl/N-ethyl adjacent to an activating group) is 1. The molecule has 27 heavy (non-hydrogen) atoms. The van der Waals surface area contributed by atoms with Gasteiger partial charge in [-0.25, -0.2) is 4.99 Å². The van der Waals surface area contributed by atoms with E-state index in [0.29, 0.717) is 26.7 Å². The van der Waals surface area contributed by atoms with Crippen LogP contribution in [0.5, 0.6) is 5.75 Å². The summed E-state index contributed by atoms with van der Waals surface area (Å²) in [5, 5.41) is 10.9. The Kier molecular flexibility index (Phi) is 6.13. The summed E-state index contributed by atoms with van der Waals surface area (Å²) in [6.07, 6.45) is 1.70. The number of amides is 1. The second-order valence-corrected chi connectivity index (χ2v) is 8.90. The Bertz CT molecular complexity index is 966. The van der Waals surface area contributed by atoms with E-state index in [9.17, 15) is 9.90 Å². The average molecular weight is 510 g/mol. The molecule has 4 nitrogen and oxygen atoms in total. The largest absolute Gasteiger partial charge is 0.506 e. The molecule has 0 atom stereocenters. The number of carbonyl (C=O) groups is 1. The molecule has 1 heterocycles. The zero-order chi connectivity index (χ0) is 19.7. The molecule has 1 fully saturated rings. The lowest BCUT2D eigenvalue weighted by Crippen LogP contribution is -2.28. The normalized spacial score (nSPS) is 17.4. The highest BCUT2D eigenvalue weighted by molar-refractivity contribution is 9.11. The summed E-state index contributed by atoms with van der Waals surface area (Å²) in [5.41, 5.74) is 3.59. The van der Waals surface area contributed by atoms with Crippen LogP contribution in [0.4, 0.5) is 5.69 Å². The first kappa shape index (κ1) is 20.2. The van der Waals surface area contributed by atoms with Gasteiger partial charge in [-0.2, -0.15) is 0 Å². The first-order chi connectivity index (χ1) is 12.8. The third-order valence-electron chi connectivity index (χ3n) is 4.20. The van der Waals surface area contributed by atoms with E-state index in [1.165, 1.54) is 11.8 Å². The molecule has 7 heteroatoms. The fourth-order valence-electron chi connectivity index (χ4n) is 2.79. The molecule has 0 spiro atoms. The maximum atomic E-state index is 12.8. The van der Waals surface area contributed by atoms with E-state index in [1.54, 1.807) is 23.1 Å². The van der Waals surface area contributed by atoms with Crippen molar-refractivity contribution in [3.63, 3.8) is 0 Å². The Balaban J connectivity index is 2.04. The molecule has 0 unspecified atom stereocenters. The van der Waals surface area contributed by atoms with Gasteiger partial charge in [0.1, 0.15) is 5.75 Å². The number of benzene rings is 2. The van der Waals surface area contributed by atoms with Crippen LogP contribution in [0.3, 0.4) is 0 Å². The van der Waals surface area contributed by atoms with Crippen molar-refractivity contribution in [2.24, 2.45) is 4.99 Å². The highest BCUT2D eigenvalue weighted by Crippen LogP contribution is 2.38. The van der Waals surface area contributed by atoms with Crippen LogP contribution in [0.2, 0.25) is 0 Å². The van der Waals surface area contributed by atoms with Gasteiger partial charge in [-0.1, -0.05) is 34.1 Å². The fourth-order valence-corrected chi connectivity index (χ4v) is 5.08. The van der Waals surface area contributed by atoms with Gasteiger partial charge in [0.15, 0.2) is 5.17 Å². The monoisotopic (exact) mass is 508 g/mol. The third kappa shape index (κ3) is 4.15. The molecular weight excluding hydrogens is 492 g/mol. The Morgan fingerprint density at radius 2 is 1.89 bits per heavy atom. The quantitative estimate of drug-likeness (QED) is 0.504. The summed E-state index contributed by atoms with van der Waals surface area (Å²) >= 11 is 8.06. The average Bonchev–Trinajstić information content (AvgIpc) is 2.90. The van der Waals surface area contributed by atoms with Gasteiger partial charge in [-0.05, 0) is 77.8 Å². The van der Waals surface area contributed by atoms with Gasteiger partial charge in [0.05, 0.1) is 15.1 Å². The molecule has 1 aliphatic heterocycles. The molecule has 0 radical (unpaired) electrons. The van der Waals surface area contributed by atoms with E-state index in [0.717, 1.165) is 21.3 Å². The standard InChI is InChI=1S/C20H18Br2N2O2S/c1-4-24-19(26)16(9-13-8-14(21)10-15(22)18(13)25)27-20(24)23-17-11(2)6-5-7-12(17)3/h5-10,25H,4H2,1-3H3/b16-9+,23-20?. The number of aromatic hydroxyl groups is 1. The van der Waals surface area contributed by atoms with E-state index >= 15 is 0 Å². The number of thioether (sulfide) groups is 1. The summed E-state index contributed by atoms with van der Waals surface area (Å²) in [4.78, 5) is 19.8. The Hall–Kier alpha value is -1.57. The predicted molar refractivity (Wildman–Crippen MR) is 119 cm³/mol. The van der Waals surface area contributed by atoms with E-state index in [4.69, 9.17) is 4.99 Å². The predicted octanol–water partition coefficient (Wildman–Crippen LogP) is 6.16. The van der Waals surface area contributed by atoms with Crippen LogP contribution in [0.1, 0.15) is 23.6 Å². The first-order valence-corrected chi connectivity index (χ1v) is 10.8. The van der Waals surface area contributed by atoms with Gasteiger partial charge in [0.2, 0.25) is 0 Å². The van der Waals surface area contributed by atoms with Crippen molar-refractivity contribution < 1.29 is 9.90 Å². The summed E-state index contributed by atoms with van der Waals surface area (Å²) in [5.74, 6) is -0.00901. The Labute approximate surface area is 179 Å².